The molecule has 0 radical (unpaired) electrons. The maximum absolute atomic E-state index is 10.3. The van der Waals surface area contributed by atoms with Crippen molar-refractivity contribution in [3.05, 3.63) is 0 Å². The number of nitrogens with one attached hydrogen (secondary N) is 4. The zero-order valence-corrected chi connectivity index (χ0v) is 5.79. The number of hydrogen-bond donors (Lipinski definition) is 6. The highest BCUT2D eigenvalue weighted by Crippen LogP contribution is 1.93. The van der Waals surface area contributed by atoms with Crippen LogP contribution in [0.5, 0.6) is 0 Å². The van der Waals surface area contributed by atoms with E-state index in [1.165, 1.54) is 0 Å². The van der Waals surface area contributed by atoms with Gasteiger partial charge in [0.2, 0.25) is 0 Å². The molecular formula is C4H11N5O2. The van der Waals surface area contributed by atoms with Crippen LogP contribution in [0.4, 0.5) is 0 Å². The summed E-state index contributed by atoms with van der Waals surface area (Å²) in [5, 5.41) is 8.42. The van der Waals surface area contributed by atoms with Gasteiger partial charge in [-0.1, -0.05) is 0 Å². The van der Waals surface area contributed by atoms with Crippen molar-refractivity contribution in [1.82, 2.24) is 21.9 Å². The number of carbonyl (C=O) groups is 1. The molecule has 0 aromatic carbocycles. The molecule has 0 unspecified atom stereocenters. The summed E-state index contributed by atoms with van der Waals surface area (Å²) in [6.45, 7) is 0. The van der Waals surface area contributed by atoms with Crippen molar-refractivity contribution in [3.63, 3.8) is 0 Å². The summed E-state index contributed by atoms with van der Waals surface area (Å²) in [6, 6.07) is -0.846. The van der Waals surface area contributed by atoms with E-state index < -0.39 is 12.0 Å². The van der Waals surface area contributed by atoms with Crippen LogP contribution < -0.4 is 27.7 Å². The van der Waals surface area contributed by atoms with Gasteiger partial charge in [-0.2, -0.15) is 11.1 Å². The molecule has 0 spiro atoms. The van der Waals surface area contributed by atoms with Crippen molar-refractivity contribution in [2.24, 2.45) is 5.73 Å². The topological polar surface area (TPSA) is 111 Å². The zero-order chi connectivity index (χ0) is 8.27. The fourth-order valence-corrected chi connectivity index (χ4v) is 0.755. The van der Waals surface area contributed by atoms with Crippen molar-refractivity contribution in [2.75, 3.05) is 0 Å². The molecule has 1 heterocycles. The monoisotopic (exact) mass is 161 g/mol. The fraction of sp³-hybridized carbons (Fsp3) is 0.750. The van der Waals surface area contributed by atoms with Gasteiger partial charge in [0.1, 0.15) is 6.04 Å². The Bertz CT molecular complexity index is 145. The average molecular weight is 161 g/mol. The van der Waals surface area contributed by atoms with Crippen molar-refractivity contribution >= 4 is 5.97 Å². The Labute approximate surface area is 63.2 Å². The maximum atomic E-state index is 10.3. The molecule has 11 heavy (non-hydrogen) atoms. The largest absolute Gasteiger partial charge is 0.480 e. The van der Waals surface area contributed by atoms with Crippen molar-refractivity contribution < 1.29 is 9.90 Å². The summed E-state index contributed by atoms with van der Waals surface area (Å²) in [5.41, 5.74) is 15.8. The van der Waals surface area contributed by atoms with Crippen LogP contribution in [0, 0.1) is 0 Å². The summed E-state index contributed by atoms with van der Waals surface area (Å²) in [6.07, 6.45) is 0.163. The number of carboxylic acid groups (broad SMARTS) is 1. The predicted molar refractivity (Wildman–Crippen MR) is 36.6 cm³/mol. The smallest absolute Gasteiger partial charge is 0.320 e. The minimum atomic E-state index is -1.000. The van der Waals surface area contributed by atoms with Gasteiger partial charge in [0.15, 0.2) is 0 Å². The van der Waals surface area contributed by atoms with E-state index in [-0.39, 0.29) is 6.17 Å². The Morgan fingerprint density at radius 2 is 2.09 bits per heavy atom. The fourth-order valence-electron chi connectivity index (χ4n) is 0.755. The number of carboxylic acids is 1. The Kier molecular flexibility index (Phi) is 2.74. The molecule has 7 N–H and O–H groups in total. The lowest BCUT2D eigenvalue weighted by molar-refractivity contribution is -0.138. The Morgan fingerprint density at radius 3 is 2.55 bits per heavy atom. The second-order valence-corrected chi connectivity index (χ2v) is 2.27. The van der Waals surface area contributed by atoms with E-state index in [0.717, 1.165) is 0 Å². The lowest BCUT2D eigenvalue weighted by Crippen LogP contribution is -2.42. The maximum Gasteiger partial charge on any atom is 0.320 e. The van der Waals surface area contributed by atoms with E-state index >= 15 is 0 Å². The van der Waals surface area contributed by atoms with Crippen LogP contribution in [0.1, 0.15) is 6.42 Å². The molecular weight excluding hydrogens is 150 g/mol. The van der Waals surface area contributed by atoms with Crippen molar-refractivity contribution in [2.45, 2.75) is 18.6 Å². The van der Waals surface area contributed by atoms with Crippen molar-refractivity contribution in [3.8, 4) is 0 Å². The highest BCUT2D eigenvalue weighted by atomic mass is 16.4. The summed E-state index contributed by atoms with van der Waals surface area (Å²) < 4.78 is 0. The molecule has 0 saturated carbocycles. The Balaban J connectivity index is 2.23. The summed E-state index contributed by atoms with van der Waals surface area (Å²) >= 11 is 0. The second-order valence-electron chi connectivity index (χ2n) is 2.27. The van der Waals surface area contributed by atoms with E-state index in [1.807, 2.05) is 0 Å². The van der Waals surface area contributed by atoms with Gasteiger partial charge in [-0.15, -0.1) is 0 Å². The van der Waals surface area contributed by atoms with Gasteiger partial charge in [-0.05, 0) is 0 Å². The number of rotatable bonds is 3. The first-order valence-electron chi connectivity index (χ1n) is 3.19. The Morgan fingerprint density at radius 1 is 1.55 bits per heavy atom. The molecule has 64 valence electrons. The van der Waals surface area contributed by atoms with Crippen LogP contribution in [0.15, 0.2) is 0 Å². The number of hydrogen-bond acceptors (Lipinski definition) is 6. The van der Waals surface area contributed by atoms with E-state index in [2.05, 4.69) is 21.9 Å². The molecule has 1 saturated heterocycles. The molecule has 1 aliphatic rings. The quantitative estimate of drug-likeness (QED) is 0.266. The summed E-state index contributed by atoms with van der Waals surface area (Å²) in [4.78, 5) is 10.3. The third kappa shape index (κ3) is 2.41. The summed E-state index contributed by atoms with van der Waals surface area (Å²) in [7, 11) is 0. The minimum absolute atomic E-state index is 0.152. The molecule has 0 aromatic heterocycles. The van der Waals surface area contributed by atoms with Crippen molar-refractivity contribution in [1.29, 1.82) is 0 Å². The molecule has 7 heteroatoms. The third-order valence-corrected chi connectivity index (χ3v) is 1.36. The summed E-state index contributed by atoms with van der Waals surface area (Å²) in [5.74, 6) is -1.000. The van der Waals surface area contributed by atoms with Crippen LogP contribution >= 0.6 is 0 Å². The van der Waals surface area contributed by atoms with Gasteiger partial charge < -0.3 is 10.8 Å². The standard InChI is InChI=1S/C4H11N5O2/c5-2(4(10)11)1-3-6-8-9-7-3/h2-3,6-9H,1,5H2,(H,10,11)/t2-/m0/s1. The third-order valence-electron chi connectivity index (χ3n) is 1.36. The normalized spacial score (nSPS) is 21.9. The first kappa shape index (κ1) is 8.37. The van der Waals surface area contributed by atoms with Crippen LogP contribution in [0.25, 0.3) is 0 Å². The highest BCUT2D eigenvalue weighted by Gasteiger charge is 2.20. The van der Waals surface area contributed by atoms with Gasteiger partial charge in [0.05, 0.1) is 6.17 Å². The molecule has 1 atom stereocenters. The molecule has 0 aliphatic carbocycles. The molecule has 7 nitrogen and oxygen atoms in total. The van der Waals surface area contributed by atoms with E-state index in [4.69, 9.17) is 10.8 Å². The predicted octanol–water partition coefficient (Wildman–Crippen LogP) is -2.77. The van der Waals surface area contributed by atoms with E-state index in [9.17, 15) is 4.79 Å². The molecule has 1 aliphatic heterocycles. The van der Waals surface area contributed by atoms with Gasteiger partial charge in [0.25, 0.3) is 0 Å². The lowest BCUT2D eigenvalue weighted by Gasteiger charge is -2.11. The Hall–Kier alpha value is -0.730. The van der Waals surface area contributed by atoms with Gasteiger partial charge in [-0.3, -0.25) is 4.79 Å². The highest BCUT2D eigenvalue weighted by molar-refractivity contribution is 5.73. The van der Waals surface area contributed by atoms with Crippen LogP contribution in [0.2, 0.25) is 0 Å². The first-order valence-corrected chi connectivity index (χ1v) is 3.19. The van der Waals surface area contributed by atoms with Crippen LogP contribution in [0.3, 0.4) is 0 Å². The van der Waals surface area contributed by atoms with Crippen LogP contribution in [-0.2, 0) is 4.79 Å². The second kappa shape index (κ2) is 3.60. The molecule has 0 aromatic rings. The van der Waals surface area contributed by atoms with E-state index in [0.29, 0.717) is 6.42 Å². The number of nitrogens with two attached hydrogens (primary N) is 1. The van der Waals surface area contributed by atoms with Gasteiger partial charge >= 0.3 is 5.97 Å². The SMILES string of the molecule is N[C@@H](CC1NNNN1)C(=O)O. The lowest BCUT2D eigenvalue weighted by atomic mass is 10.2. The molecule has 0 bridgehead atoms. The van der Waals surface area contributed by atoms with Gasteiger partial charge in [0, 0.05) is 6.42 Å². The van der Waals surface area contributed by atoms with Gasteiger partial charge in [-0.25, -0.2) is 10.9 Å². The molecule has 0 amide bonds. The van der Waals surface area contributed by atoms with E-state index in [1.54, 1.807) is 0 Å². The molecule has 1 rings (SSSR count). The first-order chi connectivity index (χ1) is 5.20. The van der Waals surface area contributed by atoms with Crippen LogP contribution in [-0.4, -0.2) is 23.3 Å². The number of hydrazine groups is 3. The average Bonchev–Trinajstić information content (AvgIpc) is 2.39. The minimum Gasteiger partial charge on any atom is -0.480 e. The molecule has 1 fully saturated rings. The zero-order valence-electron chi connectivity index (χ0n) is 5.79. The number of aliphatic carboxylic acids is 1.